The average molecular weight is 292 g/mol. The molecule has 0 unspecified atom stereocenters. The molecule has 0 saturated carbocycles. The number of nitrogen functional groups attached to an aromatic ring is 1. The Morgan fingerprint density at radius 3 is 2.71 bits per heavy atom. The molecule has 0 aliphatic rings. The SMILES string of the molecule is CCc1nc(N)c(C)c(Oc2ccc([N+](=O)[O-])c(F)c2)n1. The van der Waals surface area contributed by atoms with Gasteiger partial charge in [0.15, 0.2) is 0 Å². The third-order valence-electron chi connectivity index (χ3n) is 2.83. The lowest BCUT2D eigenvalue weighted by Gasteiger charge is -2.10. The van der Waals surface area contributed by atoms with Crippen LogP contribution in [0.25, 0.3) is 0 Å². The van der Waals surface area contributed by atoms with Crippen LogP contribution in [0.1, 0.15) is 18.3 Å². The minimum Gasteiger partial charge on any atom is -0.438 e. The molecule has 1 aromatic carbocycles. The first-order chi connectivity index (χ1) is 9.92. The number of rotatable bonds is 4. The number of hydrogen-bond donors (Lipinski definition) is 1. The molecule has 2 N–H and O–H groups in total. The molecular formula is C13H13FN4O3. The number of nitrogens with two attached hydrogens (primary N) is 1. The summed E-state index contributed by atoms with van der Waals surface area (Å²) in [6.45, 7) is 3.53. The van der Waals surface area contributed by atoms with Gasteiger partial charge in [0.2, 0.25) is 11.7 Å². The minimum atomic E-state index is -0.979. The highest BCUT2D eigenvalue weighted by Gasteiger charge is 2.16. The minimum absolute atomic E-state index is 0.0985. The van der Waals surface area contributed by atoms with E-state index in [4.69, 9.17) is 10.5 Å². The third-order valence-corrected chi connectivity index (χ3v) is 2.83. The Morgan fingerprint density at radius 2 is 2.14 bits per heavy atom. The van der Waals surface area contributed by atoms with Gasteiger partial charge in [0.05, 0.1) is 10.5 Å². The number of aryl methyl sites for hydroxylation is 1. The van der Waals surface area contributed by atoms with Crippen molar-refractivity contribution in [2.75, 3.05) is 5.73 Å². The Morgan fingerprint density at radius 1 is 1.43 bits per heavy atom. The van der Waals surface area contributed by atoms with Crippen molar-refractivity contribution in [3.63, 3.8) is 0 Å². The van der Waals surface area contributed by atoms with Crippen LogP contribution in [-0.2, 0) is 6.42 Å². The van der Waals surface area contributed by atoms with E-state index in [1.165, 1.54) is 6.07 Å². The molecule has 0 aliphatic heterocycles. The molecule has 1 aromatic heterocycles. The fourth-order valence-corrected chi connectivity index (χ4v) is 1.63. The Balaban J connectivity index is 2.36. The molecule has 0 radical (unpaired) electrons. The van der Waals surface area contributed by atoms with Crippen LogP contribution in [0.5, 0.6) is 11.6 Å². The van der Waals surface area contributed by atoms with E-state index in [1.54, 1.807) is 6.92 Å². The lowest BCUT2D eigenvalue weighted by Crippen LogP contribution is -2.04. The average Bonchev–Trinajstić information content (AvgIpc) is 2.43. The largest absolute Gasteiger partial charge is 0.438 e. The van der Waals surface area contributed by atoms with Crippen molar-refractivity contribution in [2.45, 2.75) is 20.3 Å². The summed E-state index contributed by atoms with van der Waals surface area (Å²) in [7, 11) is 0. The summed E-state index contributed by atoms with van der Waals surface area (Å²) in [5, 5.41) is 10.6. The molecule has 0 saturated heterocycles. The number of hydrogen-bond acceptors (Lipinski definition) is 6. The van der Waals surface area contributed by atoms with Crippen LogP contribution in [0.2, 0.25) is 0 Å². The van der Waals surface area contributed by atoms with E-state index < -0.39 is 16.4 Å². The van der Waals surface area contributed by atoms with Crippen LogP contribution in [-0.4, -0.2) is 14.9 Å². The molecule has 0 aliphatic carbocycles. The predicted molar refractivity (Wildman–Crippen MR) is 73.7 cm³/mol. The fourth-order valence-electron chi connectivity index (χ4n) is 1.63. The zero-order valence-electron chi connectivity index (χ0n) is 11.5. The van der Waals surface area contributed by atoms with E-state index >= 15 is 0 Å². The predicted octanol–water partition coefficient (Wildman–Crippen LogP) is 2.77. The number of ether oxygens (including phenoxy) is 1. The van der Waals surface area contributed by atoms with Gasteiger partial charge in [-0.15, -0.1) is 0 Å². The first kappa shape index (κ1) is 14.6. The number of anilines is 1. The van der Waals surface area contributed by atoms with Crippen molar-refractivity contribution in [3.05, 3.63) is 45.5 Å². The van der Waals surface area contributed by atoms with E-state index in [1.807, 2.05) is 6.92 Å². The zero-order chi connectivity index (χ0) is 15.6. The molecule has 0 bridgehead atoms. The fraction of sp³-hybridized carbons (Fsp3) is 0.231. The maximum atomic E-state index is 13.5. The number of benzene rings is 1. The van der Waals surface area contributed by atoms with E-state index in [2.05, 4.69) is 9.97 Å². The quantitative estimate of drug-likeness (QED) is 0.686. The zero-order valence-corrected chi connectivity index (χ0v) is 11.5. The van der Waals surface area contributed by atoms with Gasteiger partial charge < -0.3 is 10.5 Å². The Labute approximate surface area is 119 Å². The summed E-state index contributed by atoms with van der Waals surface area (Å²) >= 11 is 0. The summed E-state index contributed by atoms with van der Waals surface area (Å²) in [6, 6.07) is 3.26. The summed E-state index contributed by atoms with van der Waals surface area (Å²) in [4.78, 5) is 18.0. The smallest absolute Gasteiger partial charge is 0.305 e. The molecule has 110 valence electrons. The van der Waals surface area contributed by atoms with E-state index in [-0.39, 0.29) is 17.4 Å². The van der Waals surface area contributed by atoms with Crippen LogP contribution >= 0.6 is 0 Å². The molecular weight excluding hydrogens is 279 g/mol. The van der Waals surface area contributed by atoms with Gasteiger partial charge >= 0.3 is 5.69 Å². The number of halogens is 1. The topological polar surface area (TPSA) is 104 Å². The normalized spacial score (nSPS) is 10.4. The van der Waals surface area contributed by atoms with Gasteiger partial charge in [-0.2, -0.15) is 9.37 Å². The molecule has 8 heteroatoms. The van der Waals surface area contributed by atoms with Gasteiger partial charge in [-0.1, -0.05) is 6.92 Å². The first-order valence-corrected chi connectivity index (χ1v) is 6.17. The summed E-state index contributed by atoms with van der Waals surface area (Å²) in [5.74, 6) is 0.0940. The summed E-state index contributed by atoms with van der Waals surface area (Å²) in [6.07, 6.45) is 0.565. The van der Waals surface area contributed by atoms with E-state index in [0.29, 0.717) is 17.8 Å². The number of aromatic nitrogens is 2. The monoisotopic (exact) mass is 292 g/mol. The van der Waals surface area contributed by atoms with Crippen LogP contribution in [0, 0.1) is 22.9 Å². The molecule has 0 fully saturated rings. The van der Waals surface area contributed by atoms with Crippen molar-refractivity contribution >= 4 is 11.5 Å². The van der Waals surface area contributed by atoms with Crippen molar-refractivity contribution in [3.8, 4) is 11.6 Å². The van der Waals surface area contributed by atoms with Crippen LogP contribution < -0.4 is 10.5 Å². The van der Waals surface area contributed by atoms with Gasteiger partial charge in [0.1, 0.15) is 17.4 Å². The second-order valence-electron chi connectivity index (χ2n) is 4.28. The molecule has 21 heavy (non-hydrogen) atoms. The molecule has 7 nitrogen and oxygen atoms in total. The molecule has 1 heterocycles. The second-order valence-corrected chi connectivity index (χ2v) is 4.28. The Bertz CT molecular complexity index is 706. The standard InChI is InChI=1S/C13H13FN4O3/c1-3-11-16-12(15)7(2)13(17-11)21-8-4-5-10(18(19)20)9(14)6-8/h4-6H,3H2,1-2H3,(H2,15,16,17). The molecule has 0 atom stereocenters. The molecule has 2 aromatic rings. The van der Waals surface area contributed by atoms with Crippen molar-refractivity contribution in [1.29, 1.82) is 0 Å². The maximum absolute atomic E-state index is 13.5. The Kier molecular flexibility index (Phi) is 3.97. The van der Waals surface area contributed by atoms with Crippen LogP contribution in [0.4, 0.5) is 15.9 Å². The molecule has 0 amide bonds. The lowest BCUT2D eigenvalue weighted by atomic mass is 10.3. The van der Waals surface area contributed by atoms with Crippen molar-refractivity contribution < 1.29 is 14.1 Å². The number of nitro benzene ring substituents is 1. The number of nitrogens with zero attached hydrogens (tertiary/aromatic N) is 3. The highest BCUT2D eigenvalue weighted by molar-refractivity contribution is 5.47. The van der Waals surface area contributed by atoms with Crippen LogP contribution in [0.15, 0.2) is 18.2 Å². The van der Waals surface area contributed by atoms with Crippen LogP contribution in [0.3, 0.4) is 0 Å². The molecule has 0 spiro atoms. The molecule has 2 rings (SSSR count). The summed E-state index contributed by atoms with van der Waals surface area (Å²) in [5.41, 5.74) is 5.65. The maximum Gasteiger partial charge on any atom is 0.305 e. The third kappa shape index (κ3) is 3.04. The van der Waals surface area contributed by atoms with Gasteiger partial charge in [0, 0.05) is 18.6 Å². The lowest BCUT2D eigenvalue weighted by molar-refractivity contribution is -0.387. The van der Waals surface area contributed by atoms with Crippen molar-refractivity contribution in [1.82, 2.24) is 9.97 Å². The second kappa shape index (κ2) is 5.70. The first-order valence-electron chi connectivity index (χ1n) is 6.17. The highest BCUT2D eigenvalue weighted by Crippen LogP contribution is 2.28. The summed E-state index contributed by atoms with van der Waals surface area (Å²) < 4.78 is 19.0. The van der Waals surface area contributed by atoms with Gasteiger partial charge in [0.25, 0.3) is 0 Å². The van der Waals surface area contributed by atoms with Gasteiger partial charge in [-0.25, -0.2) is 4.98 Å². The van der Waals surface area contributed by atoms with E-state index in [9.17, 15) is 14.5 Å². The Hall–Kier alpha value is -2.77. The van der Waals surface area contributed by atoms with Crippen molar-refractivity contribution in [2.24, 2.45) is 0 Å². The van der Waals surface area contributed by atoms with Gasteiger partial charge in [-0.3, -0.25) is 10.1 Å². The highest BCUT2D eigenvalue weighted by atomic mass is 19.1. The number of nitro groups is 1. The van der Waals surface area contributed by atoms with E-state index in [0.717, 1.165) is 12.1 Å². The van der Waals surface area contributed by atoms with Gasteiger partial charge in [-0.05, 0) is 13.0 Å².